The molecule has 1 saturated carbocycles. The van der Waals surface area contributed by atoms with E-state index in [1.54, 1.807) is 0 Å². The number of hydrogen-bond donors (Lipinski definition) is 1. The molecule has 0 aromatic heterocycles. The second-order valence-corrected chi connectivity index (χ2v) is 5.68. The standard InChI is InChI=1S/C13H24N2O/c1-13(7-3-4-8-13)12(16)15(2)11-6-5-9-14-10-11/h11,14H,3-10H2,1-2H3. The lowest BCUT2D eigenvalue weighted by Crippen LogP contribution is -2.50. The molecular formula is C13H24N2O. The normalized spacial score (nSPS) is 29.0. The summed E-state index contributed by atoms with van der Waals surface area (Å²) in [5, 5.41) is 3.38. The number of carbonyl (C=O) groups excluding carboxylic acids is 1. The minimum Gasteiger partial charge on any atom is -0.341 e. The second-order valence-electron chi connectivity index (χ2n) is 5.68. The van der Waals surface area contributed by atoms with Crippen molar-refractivity contribution in [3.63, 3.8) is 0 Å². The zero-order chi connectivity index (χ0) is 11.6. The van der Waals surface area contributed by atoms with Crippen LogP contribution in [0.5, 0.6) is 0 Å². The van der Waals surface area contributed by atoms with Gasteiger partial charge >= 0.3 is 0 Å². The van der Waals surface area contributed by atoms with Crippen molar-refractivity contribution in [2.24, 2.45) is 5.41 Å². The SMILES string of the molecule is CN(C(=O)C1(C)CCCC1)C1CCCNC1. The Balaban J connectivity index is 1.97. The van der Waals surface area contributed by atoms with Crippen LogP contribution in [-0.2, 0) is 4.79 Å². The summed E-state index contributed by atoms with van der Waals surface area (Å²) in [5.41, 5.74) is -0.0633. The average Bonchev–Trinajstić information content (AvgIpc) is 2.77. The molecule has 1 aliphatic heterocycles. The van der Waals surface area contributed by atoms with Crippen LogP contribution in [-0.4, -0.2) is 37.0 Å². The van der Waals surface area contributed by atoms with Gasteiger partial charge in [0.15, 0.2) is 0 Å². The van der Waals surface area contributed by atoms with E-state index in [1.807, 2.05) is 11.9 Å². The van der Waals surface area contributed by atoms with E-state index in [0.29, 0.717) is 11.9 Å². The Morgan fingerprint density at radius 1 is 1.31 bits per heavy atom. The van der Waals surface area contributed by atoms with E-state index in [1.165, 1.54) is 19.3 Å². The lowest BCUT2D eigenvalue weighted by molar-refractivity contribution is -0.142. The predicted molar refractivity (Wildman–Crippen MR) is 65.2 cm³/mol. The van der Waals surface area contributed by atoms with Crippen LogP contribution in [0.2, 0.25) is 0 Å². The average molecular weight is 224 g/mol. The van der Waals surface area contributed by atoms with Gasteiger partial charge < -0.3 is 10.2 Å². The fraction of sp³-hybridized carbons (Fsp3) is 0.923. The van der Waals surface area contributed by atoms with Gasteiger partial charge in [-0.15, -0.1) is 0 Å². The molecule has 1 atom stereocenters. The Kier molecular flexibility index (Phi) is 3.53. The number of amides is 1. The smallest absolute Gasteiger partial charge is 0.228 e. The largest absolute Gasteiger partial charge is 0.341 e. The van der Waals surface area contributed by atoms with E-state index in [4.69, 9.17) is 0 Å². The molecule has 0 spiro atoms. The van der Waals surface area contributed by atoms with E-state index in [0.717, 1.165) is 32.4 Å². The van der Waals surface area contributed by atoms with Crippen molar-refractivity contribution in [2.75, 3.05) is 20.1 Å². The van der Waals surface area contributed by atoms with Gasteiger partial charge in [-0.2, -0.15) is 0 Å². The van der Waals surface area contributed by atoms with Crippen molar-refractivity contribution in [2.45, 2.75) is 51.5 Å². The summed E-state index contributed by atoms with van der Waals surface area (Å²) in [7, 11) is 1.99. The summed E-state index contributed by atoms with van der Waals surface area (Å²) in [6.07, 6.45) is 6.95. The van der Waals surface area contributed by atoms with Crippen LogP contribution < -0.4 is 5.32 Å². The first kappa shape index (κ1) is 11.9. The number of carbonyl (C=O) groups is 1. The molecule has 0 aromatic rings. The van der Waals surface area contributed by atoms with E-state index in [2.05, 4.69) is 12.2 Å². The monoisotopic (exact) mass is 224 g/mol. The molecule has 2 fully saturated rings. The predicted octanol–water partition coefficient (Wildman–Crippen LogP) is 1.78. The van der Waals surface area contributed by atoms with E-state index in [9.17, 15) is 4.79 Å². The zero-order valence-electron chi connectivity index (χ0n) is 10.6. The Hall–Kier alpha value is -0.570. The van der Waals surface area contributed by atoms with Gasteiger partial charge in [-0.1, -0.05) is 19.8 Å². The number of hydrogen-bond acceptors (Lipinski definition) is 2. The summed E-state index contributed by atoms with van der Waals surface area (Å²) in [6.45, 7) is 4.23. The molecule has 92 valence electrons. The molecule has 2 rings (SSSR count). The molecule has 2 aliphatic rings. The summed E-state index contributed by atoms with van der Waals surface area (Å²) < 4.78 is 0. The molecule has 1 amide bonds. The molecule has 3 nitrogen and oxygen atoms in total. The van der Waals surface area contributed by atoms with Crippen molar-refractivity contribution >= 4 is 5.91 Å². The van der Waals surface area contributed by atoms with Crippen LogP contribution in [0, 0.1) is 5.41 Å². The fourth-order valence-electron chi connectivity index (χ4n) is 3.12. The highest BCUT2D eigenvalue weighted by molar-refractivity contribution is 5.82. The minimum absolute atomic E-state index is 0.0633. The molecule has 1 N–H and O–H groups in total. The van der Waals surface area contributed by atoms with Crippen molar-refractivity contribution in [1.29, 1.82) is 0 Å². The minimum atomic E-state index is -0.0633. The second kappa shape index (κ2) is 4.74. The van der Waals surface area contributed by atoms with Gasteiger partial charge in [0, 0.05) is 25.0 Å². The van der Waals surface area contributed by atoms with Gasteiger partial charge in [-0.25, -0.2) is 0 Å². The highest BCUT2D eigenvalue weighted by Gasteiger charge is 2.39. The van der Waals surface area contributed by atoms with Crippen molar-refractivity contribution in [3.05, 3.63) is 0 Å². The fourth-order valence-corrected chi connectivity index (χ4v) is 3.12. The molecule has 1 aliphatic carbocycles. The van der Waals surface area contributed by atoms with Gasteiger partial charge in [0.1, 0.15) is 0 Å². The molecule has 3 heteroatoms. The van der Waals surface area contributed by atoms with Crippen molar-refractivity contribution in [1.82, 2.24) is 10.2 Å². The first-order valence-corrected chi connectivity index (χ1v) is 6.61. The number of piperidine rings is 1. The molecule has 1 saturated heterocycles. The first-order chi connectivity index (χ1) is 7.63. The van der Waals surface area contributed by atoms with Crippen LogP contribution >= 0.6 is 0 Å². The highest BCUT2D eigenvalue weighted by Crippen LogP contribution is 2.39. The summed E-state index contributed by atoms with van der Waals surface area (Å²) in [6, 6.07) is 0.415. The Morgan fingerprint density at radius 3 is 2.56 bits per heavy atom. The number of likely N-dealkylation sites (N-methyl/N-ethyl adjacent to an activating group) is 1. The topological polar surface area (TPSA) is 32.3 Å². The van der Waals surface area contributed by atoms with Crippen LogP contribution in [0.15, 0.2) is 0 Å². The van der Waals surface area contributed by atoms with Crippen LogP contribution in [0.3, 0.4) is 0 Å². The summed E-state index contributed by atoms with van der Waals surface area (Å²) >= 11 is 0. The lowest BCUT2D eigenvalue weighted by atomic mass is 9.86. The Bertz CT molecular complexity index is 253. The van der Waals surface area contributed by atoms with Crippen molar-refractivity contribution < 1.29 is 4.79 Å². The number of rotatable bonds is 2. The maximum Gasteiger partial charge on any atom is 0.228 e. The van der Waals surface area contributed by atoms with E-state index in [-0.39, 0.29) is 5.41 Å². The Labute approximate surface area is 98.6 Å². The maximum atomic E-state index is 12.5. The van der Waals surface area contributed by atoms with Crippen LogP contribution in [0.25, 0.3) is 0 Å². The summed E-state index contributed by atoms with van der Waals surface area (Å²) in [4.78, 5) is 14.5. The van der Waals surface area contributed by atoms with Gasteiger partial charge in [0.2, 0.25) is 5.91 Å². The van der Waals surface area contributed by atoms with Gasteiger partial charge in [-0.05, 0) is 32.2 Å². The molecule has 0 radical (unpaired) electrons. The van der Waals surface area contributed by atoms with Gasteiger partial charge in [0.25, 0.3) is 0 Å². The molecule has 1 heterocycles. The Morgan fingerprint density at radius 2 is 2.00 bits per heavy atom. The third kappa shape index (κ3) is 2.24. The van der Waals surface area contributed by atoms with Crippen LogP contribution in [0.4, 0.5) is 0 Å². The van der Waals surface area contributed by atoms with Crippen LogP contribution in [0.1, 0.15) is 45.4 Å². The zero-order valence-corrected chi connectivity index (χ0v) is 10.6. The molecule has 1 unspecified atom stereocenters. The first-order valence-electron chi connectivity index (χ1n) is 6.61. The van der Waals surface area contributed by atoms with Gasteiger partial charge in [-0.3, -0.25) is 4.79 Å². The molecule has 0 bridgehead atoms. The highest BCUT2D eigenvalue weighted by atomic mass is 16.2. The quantitative estimate of drug-likeness (QED) is 0.775. The molecular weight excluding hydrogens is 200 g/mol. The third-order valence-electron chi connectivity index (χ3n) is 4.36. The third-order valence-corrected chi connectivity index (χ3v) is 4.36. The van der Waals surface area contributed by atoms with Gasteiger partial charge in [0.05, 0.1) is 0 Å². The maximum absolute atomic E-state index is 12.5. The summed E-state index contributed by atoms with van der Waals surface area (Å²) in [5.74, 6) is 0.374. The molecule has 16 heavy (non-hydrogen) atoms. The molecule has 0 aromatic carbocycles. The number of nitrogens with zero attached hydrogens (tertiary/aromatic N) is 1. The van der Waals surface area contributed by atoms with Crippen molar-refractivity contribution in [3.8, 4) is 0 Å². The number of nitrogens with one attached hydrogen (secondary N) is 1. The van der Waals surface area contributed by atoms with E-state index < -0.39 is 0 Å². The van der Waals surface area contributed by atoms with E-state index >= 15 is 0 Å². The lowest BCUT2D eigenvalue weighted by Gasteiger charge is -2.36.